The number of ether oxygens (including phenoxy) is 2. The smallest absolute Gasteiger partial charge is 0.0495 e. The zero-order valence-electron chi connectivity index (χ0n) is 11.0. The van der Waals surface area contributed by atoms with Crippen molar-refractivity contribution in [2.45, 2.75) is 51.0 Å². The van der Waals surface area contributed by atoms with E-state index in [4.69, 9.17) is 9.47 Å². The zero-order valence-corrected chi connectivity index (χ0v) is 11.0. The van der Waals surface area contributed by atoms with Crippen molar-refractivity contribution in [3.8, 4) is 0 Å². The summed E-state index contributed by atoms with van der Waals surface area (Å²) in [5, 5.41) is 3.62. The average Bonchev–Trinajstić information content (AvgIpc) is 2.88. The van der Waals surface area contributed by atoms with E-state index in [1.54, 1.807) is 0 Å². The molecule has 1 aliphatic heterocycles. The summed E-state index contributed by atoms with van der Waals surface area (Å²) in [6.45, 7) is 4.83. The summed E-state index contributed by atoms with van der Waals surface area (Å²) in [4.78, 5) is 0. The quantitative estimate of drug-likeness (QED) is 0.694. The minimum Gasteiger partial charge on any atom is -0.381 e. The van der Waals surface area contributed by atoms with Crippen LogP contribution in [0.25, 0.3) is 0 Å². The predicted molar refractivity (Wildman–Crippen MR) is 69.2 cm³/mol. The first-order valence-corrected chi connectivity index (χ1v) is 7.34. The number of nitrogens with one attached hydrogen (secondary N) is 1. The molecule has 1 saturated carbocycles. The normalized spacial score (nSPS) is 23.3. The molecule has 2 fully saturated rings. The number of rotatable bonds is 7. The van der Waals surface area contributed by atoms with Crippen LogP contribution in [0.2, 0.25) is 0 Å². The molecule has 0 aromatic carbocycles. The Morgan fingerprint density at radius 3 is 2.59 bits per heavy atom. The van der Waals surface area contributed by atoms with E-state index in [2.05, 4.69) is 5.32 Å². The van der Waals surface area contributed by atoms with Gasteiger partial charge in [-0.1, -0.05) is 12.8 Å². The Hall–Kier alpha value is -0.120. The standard InChI is InChI=1S/C14H27NO2/c1-2-5-14(4-1)15-8-3-9-17-12-13-6-10-16-11-7-13/h13-15H,1-12H2. The van der Waals surface area contributed by atoms with Crippen LogP contribution in [0.4, 0.5) is 0 Å². The van der Waals surface area contributed by atoms with E-state index in [-0.39, 0.29) is 0 Å². The van der Waals surface area contributed by atoms with Gasteiger partial charge in [-0.05, 0) is 44.6 Å². The molecule has 3 nitrogen and oxygen atoms in total. The molecule has 0 radical (unpaired) electrons. The largest absolute Gasteiger partial charge is 0.381 e. The first kappa shape index (κ1) is 13.3. The second kappa shape index (κ2) is 8.06. The van der Waals surface area contributed by atoms with Gasteiger partial charge in [0.15, 0.2) is 0 Å². The highest BCUT2D eigenvalue weighted by atomic mass is 16.5. The highest BCUT2D eigenvalue weighted by Crippen LogP contribution is 2.17. The molecule has 100 valence electrons. The van der Waals surface area contributed by atoms with E-state index >= 15 is 0 Å². The van der Waals surface area contributed by atoms with Crippen molar-refractivity contribution in [2.24, 2.45) is 5.92 Å². The van der Waals surface area contributed by atoms with Crippen LogP contribution in [0, 0.1) is 5.92 Å². The summed E-state index contributed by atoms with van der Waals surface area (Å²) in [6.07, 6.45) is 9.10. The Kier molecular flexibility index (Phi) is 6.32. The molecule has 0 atom stereocenters. The van der Waals surface area contributed by atoms with Gasteiger partial charge < -0.3 is 14.8 Å². The van der Waals surface area contributed by atoms with Crippen LogP contribution in [-0.4, -0.2) is 39.0 Å². The maximum absolute atomic E-state index is 5.74. The summed E-state index contributed by atoms with van der Waals surface area (Å²) in [7, 11) is 0. The molecule has 0 bridgehead atoms. The SMILES string of the molecule is C(CNC1CCCC1)COCC1CCOCC1. The molecule has 1 aliphatic carbocycles. The summed E-state index contributed by atoms with van der Waals surface area (Å²) in [5.41, 5.74) is 0. The van der Waals surface area contributed by atoms with Crippen LogP contribution in [0.15, 0.2) is 0 Å². The van der Waals surface area contributed by atoms with Gasteiger partial charge >= 0.3 is 0 Å². The van der Waals surface area contributed by atoms with Gasteiger partial charge in [0.25, 0.3) is 0 Å². The van der Waals surface area contributed by atoms with E-state index in [9.17, 15) is 0 Å². The molecular weight excluding hydrogens is 214 g/mol. The lowest BCUT2D eigenvalue weighted by atomic mass is 10.0. The molecule has 2 aliphatic rings. The molecule has 0 amide bonds. The Morgan fingerprint density at radius 2 is 1.82 bits per heavy atom. The maximum Gasteiger partial charge on any atom is 0.0495 e. The van der Waals surface area contributed by atoms with Crippen LogP contribution in [-0.2, 0) is 9.47 Å². The molecular formula is C14H27NO2. The fraction of sp³-hybridized carbons (Fsp3) is 1.00. The third-order valence-corrected chi connectivity index (χ3v) is 3.95. The maximum atomic E-state index is 5.74. The van der Waals surface area contributed by atoms with Crippen molar-refractivity contribution >= 4 is 0 Å². The Balaban J connectivity index is 1.38. The summed E-state index contributed by atoms with van der Waals surface area (Å²) >= 11 is 0. The van der Waals surface area contributed by atoms with Gasteiger partial charge in [0.2, 0.25) is 0 Å². The molecule has 0 aromatic rings. The number of hydrogen-bond acceptors (Lipinski definition) is 3. The summed E-state index contributed by atoms with van der Waals surface area (Å²) in [5.74, 6) is 0.742. The van der Waals surface area contributed by atoms with Gasteiger partial charge in [0.1, 0.15) is 0 Å². The lowest BCUT2D eigenvalue weighted by Gasteiger charge is -2.21. The van der Waals surface area contributed by atoms with E-state index in [0.717, 1.165) is 51.4 Å². The molecule has 1 N–H and O–H groups in total. The monoisotopic (exact) mass is 241 g/mol. The lowest BCUT2D eigenvalue weighted by molar-refractivity contribution is 0.0201. The van der Waals surface area contributed by atoms with Gasteiger partial charge in [-0.3, -0.25) is 0 Å². The van der Waals surface area contributed by atoms with Crippen molar-refractivity contribution in [2.75, 3.05) is 33.0 Å². The summed E-state index contributed by atoms with van der Waals surface area (Å²) < 4.78 is 11.1. The molecule has 2 rings (SSSR count). The molecule has 1 heterocycles. The molecule has 17 heavy (non-hydrogen) atoms. The van der Waals surface area contributed by atoms with E-state index < -0.39 is 0 Å². The topological polar surface area (TPSA) is 30.5 Å². The van der Waals surface area contributed by atoms with Crippen LogP contribution in [0.5, 0.6) is 0 Å². The van der Waals surface area contributed by atoms with E-state index in [0.29, 0.717) is 0 Å². The minimum absolute atomic E-state index is 0.742. The Morgan fingerprint density at radius 1 is 1.06 bits per heavy atom. The van der Waals surface area contributed by atoms with Crippen molar-refractivity contribution in [3.63, 3.8) is 0 Å². The summed E-state index contributed by atoms with van der Waals surface area (Å²) in [6, 6.07) is 0.797. The van der Waals surface area contributed by atoms with Gasteiger partial charge in [0.05, 0.1) is 0 Å². The van der Waals surface area contributed by atoms with Gasteiger partial charge in [-0.25, -0.2) is 0 Å². The Labute approximate surface area is 105 Å². The first-order valence-electron chi connectivity index (χ1n) is 7.34. The third-order valence-electron chi connectivity index (χ3n) is 3.95. The average molecular weight is 241 g/mol. The fourth-order valence-corrected chi connectivity index (χ4v) is 2.77. The van der Waals surface area contributed by atoms with Crippen molar-refractivity contribution in [1.29, 1.82) is 0 Å². The molecule has 3 heteroatoms. The fourth-order valence-electron chi connectivity index (χ4n) is 2.77. The third kappa shape index (κ3) is 5.36. The van der Waals surface area contributed by atoms with Crippen molar-refractivity contribution < 1.29 is 9.47 Å². The van der Waals surface area contributed by atoms with Gasteiger partial charge in [-0.15, -0.1) is 0 Å². The second-order valence-electron chi connectivity index (χ2n) is 5.42. The second-order valence-corrected chi connectivity index (χ2v) is 5.42. The first-order chi connectivity index (χ1) is 8.45. The lowest BCUT2D eigenvalue weighted by Crippen LogP contribution is -2.28. The van der Waals surface area contributed by atoms with Crippen LogP contribution >= 0.6 is 0 Å². The Bertz CT molecular complexity index is 187. The van der Waals surface area contributed by atoms with E-state index in [1.807, 2.05) is 0 Å². The van der Waals surface area contributed by atoms with Crippen LogP contribution in [0.3, 0.4) is 0 Å². The van der Waals surface area contributed by atoms with Crippen LogP contribution in [0.1, 0.15) is 44.9 Å². The van der Waals surface area contributed by atoms with Crippen LogP contribution < -0.4 is 5.32 Å². The van der Waals surface area contributed by atoms with E-state index in [1.165, 1.54) is 38.5 Å². The van der Waals surface area contributed by atoms with Gasteiger partial charge in [-0.2, -0.15) is 0 Å². The highest BCUT2D eigenvalue weighted by Gasteiger charge is 2.14. The van der Waals surface area contributed by atoms with Gasteiger partial charge in [0, 0.05) is 32.5 Å². The van der Waals surface area contributed by atoms with Crippen molar-refractivity contribution in [1.82, 2.24) is 5.32 Å². The molecule has 0 unspecified atom stereocenters. The number of hydrogen-bond donors (Lipinski definition) is 1. The molecule has 1 saturated heterocycles. The molecule has 0 aromatic heterocycles. The molecule has 0 spiro atoms. The minimum atomic E-state index is 0.742. The highest BCUT2D eigenvalue weighted by molar-refractivity contribution is 4.73. The van der Waals surface area contributed by atoms with Crippen molar-refractivity contribution in [3.05, 3.63) is 0 Å². The predicted octanol–water partition coefficient (Wildman–Crippen LogP) is 2.35. The zero-order chi connectivity index (χ0) is 11.8.